The van der Waals surface area contributed by atoms with Crippen LogP contribution in [0, 0.1) is 5.41 Å². The highest BCUT2D eigenvalue weighted by Gasteiger charge is 2.26. The average molecular weight is 223 g/mol. The van der Waals surface area contributed by atoms with E-state index in [1.54, 1.807) is 0 Å². The van der Waals surface area contributed by atoms with Gasteiger partial charge in [-0.05, 0) is 5.41 Å². The summed E-state index contributed by atoms with van der Waals surface area (Å²) >= 11 is 0. The van der Waals surface area contributed by atoms with E-state index in [1.807, 2.05) is 20.8 Å². The molecular weight excluding hydrogens is 207 g/mol. The number of methoxy groups -OCH3 is 1. The second kappa shape index (κ2) is 6.06. The first-order chi connectivity index (χ1) is 6.35. The number of rotatable bonds is 5. The molecule has 0 saturated carbocycles. The van der Waals surface area contributed by atoms with E-state index in [-0.39, 0.29) is 12.0 Å². The maximum Gasteiger partial charge on any atom is 0.698 e. The van der Waals surface area contributed by atoms with Gasteiger partial charge in [-0.3, -0.25) is 0 Å². The Hall–Kier alpha value is -0.510. The largest absolute Gasteiger partial charge is 0.698 e. The Morgan fingerprint density at radius 1 is 1.29 bits per heavy atom. The molecule has 0 aliphatic heterocycles. The smallest absolute Gasteiger partial charge is 0.467 e. The molecule has 1 atom stereocenters. The molecule has 82 valence electrons. The van der Waals surface area contributed by atoms with Crippen molar-refractivity contribution in [2.75, 3.05) is 20.3 Å². The van der Waals surface area contributed by atoms with Gasteiger partial charge in [-0.25, -0.2) is 4.79 Å². The molecule has 0 aromatic heterocycles. The van der Waals surface area contributed by atoms with Crippen molar-refractivity contribution in [2.45, 2.75) is 20.8 Å². The van der Waals surface area contributed by atoms with Crippen molar-refractivity contribution in [3.8, 4) is 0 Å². The van der Waals surface area contributed by atoms with E-state index in [4.69, 9.17) is 4.52 Å². The van der Waals surface area contributed by atoms with Gasteiger partial charge in [-0.15, -0.1) is 9.05 Å². The van der Waals surface area contributed by atoms with Gasteiger partial charge in [0.05, 0.1) is 7.11 Å². The van der Waals surface area contributed by atoms with Crippen LogP contribution in [-0.2, 0) is 23.1 Å². The summed E-state index contributed by atoms with van der Waals surface area (Å²) in [6.45, 7) is 5.78. The summed E-state index contributed by atoms with van der Waals surface area (Å²) in [7, 11) is -1.00. The molecule has 0 bridgehead atoms. The summed E-state index contributed by atoms with van der Waals surface area (Å²) in [6.07, 6.45) is 0. The highest BCUT2D eigenvalue weighted by molar-refractivity contribution is 7.33. The van der Waals surface area contributed by atoms with Gasteiger partial charge in [-0.2, -0.15) is 0 Å². The third-order valence-corrected chi connectivity index (χ3v) is 1.80. The predicted molar refractivity (Wildman–Crippen MR) is 51.0 cm³/mol. The molecular formula is C8H16O5P+. The first kappa shape index (κ1) is 13.5. The molecule has 0 N–H and O–H groups in total. The Kier molecular flexibility index (Phi) is 5.84. The standard InChI is InChI=1S/C8H16O5P/c1-8(2,3)6-13-14(10)12-5-7(9)11-4/h5-6H2,1-4H3/q+1. The van der Waals surface area contributed by atoms with Crippen LogP contribution in [0.2, 0.25) is 0 Å². The van der Waals surface area contributed by atoms with Crippen LogP contribution in [0.1, 0.15) is 20.8 Å². The monoisotopic (exact) mass is 223 g/mol. The summed E-state index contributed by atoms with van der Waals surface area (Å²) in [5, 5.41) is 0. The summed E-state index contributed by atoms with van der Waals surface area (Å²) in [5.74, 6) is -0.576. The molecule has 0 aliphatic rings. The lowest BCUT2D eigenvalue weighted by Crippen LogP contribution is -2.13. The first-order valence-corrected chi connectivity index (χ1v) is 5.24. The third kappa shape index (κ3) is 8.10. The van der Waals surface area contributed by atoms with Gasteiger partial charge >= 0.3 is 14.2 Å². The third-order valence-electron chi connectivity index (χ3n) is 1.12. The van der Waals surface area contributed by atoms with Crippen molar-refractivity contribution in [3.05, 3.63) is 0 Å². The van der Waals surface area contributed by atoms with Gasteiger partial charge in [0, 0.05) is 4.57 Å². The molecule has 0 aromatic rings. The molecule has 0 aromatic carbocycles. The molecule has 1 unspecified atom stereocenters. The fourth-order valence-electron chi connectivity index (χ4n) is 0.448. The molecule has 0 amide bonds. The van der Waals surface area contributed by atoms with Gasteiger partial charge in [0.1, 0.15) is 6.61 Å². The maximum atomic E-state index is 11.0. The number of esters is 1. The Balaban J connectivity index is 3.62. The van der Waals surface area contributed by atoms with Crippen LogP contribution in [-0.4, -0.2) is 26.3 Å². The number of hydrogen-bond donors (Lipinski definition) is 0. The fourth-order valence-corrected chi connectivity index (χ4v) is 1.23. The molecule has 5 nitrogen and oxygen atoms in total. The van der Waals surface area contributed by atoms with E-state index >= 15 is 0 Å². The van der Waals surface area contributed by atoms with Crippen LogP contribution in [0.15, 0.2) is 0 Å². The second-order valence-corrected chi connectivity index (χ2v) is 4.87. The van der Waals surface area contributed by atoms with Gasteiger partial charge < -0.3 is 4.74 Å². The van der Waals surface area contributed by atoms with Gasteiger partial charge in [0.25, 0.3) is 0 Å². The van der Waals surface area contributed by atoms with Crippen molar-refractivity contribution in [1.29, 1.82) is 0 Å². The van der Waals surface area contributed by atoms with Crippen molar-refractivity contribution in [1.82, 2.24) is 0 Å². The van der Waals surface area contributed by atoms with Crippen molar-refractivity contribution in [2.24, 2.45) is 5.41 Å². The average Bonchev–Trinajstić information content (AvgIpc) is 2.09. The van der Waals surface area contributed by atoms with Crippen molar-refractivity contribution in [3.63, 3.8) is 0 Å². The Labute approximate surface area is 84.7 Å². The van der Waals surface area contributed by atoms with Crippen LogP contribution in [0.25, 0.3) is 0 Å². The second-order valence-electron chi connectivity index (χ2n) is 3.91. The first-order valence-electron chi connectivity index (χ1n) is 4.15. The molecule has 0 aliphatic carbocycles. The lowest BCUT2D eigenvalue weighted by Gasteiger charge is -2.11. The highest BCUT2D eigenvalue weighted by Crippen LogP contribution is 2.27. The number of carbonyl (C=O) groups is 1. The van der Waals surface area contributed by atoms with Crippen LogP contribution in [0.5, 0.6) is 0 Å². The Morgan fingerprint density at radius 2 is 1.86 bits per heavy atom. The van der Waals surface area contributed by atoms with Gasteiger partial charge in [0.2, 0.25) is 6.61 Å². The van der Waals surface area contributed by atoms with Gasteiger partial charge in [0.15, 0.2) is 0 Å². The van der Waals surface area contributed by atoms with E-state index in [2.05, 4.69) is 9.26 Å². The molecule has 0 fully saturated rings. The summed E-state index contributed by atoms with van der Waals surface area (Å²) in [6, 6.07) is 0. The minimum atomic E-state index is -2.23. The van der Waals surface area contributed by atoms with E-state index in [0.29, 0.717) is 6.61 Å². The van der Waals surface area contributed by atoms with E-state index in [1.165, 1.54) is 7.11 Å². The van der Waals surface area contributed by atoms with Crippen molar-refractivity contribution >= 4 is 14.2 Å². The van der Waals surface area contributed by atoms with Crippen LogP contribution >= 0.6 is 8.25 Å². The lowest BCUT2D eigenvalue weighted by atomic mass is 9.99. The Morgan fingerprint density at radius 3 is 2.29 bits per heavy atom. The predicted octanol–water partition coefficient (Wildman–Crippen LogP) is 1.90. The molecule has 14 heavy (non-hydrogen) atoms. The Bertz CT molecular complexity index is 208. The molecule has 0 saturated heterocycles. The zero-order chi connectivity index (χ0) is 11.2. The van der Waals surface area contributed by atoms with E-state index < -0.39 is 14.2 Å². The lowest BCUT2D eigenvalue weighted by molar-refractivity contribution is -0.143. The zero-order valence-corrected chi connectivity index (χ0v) is 9.80. The van der Waals surface area contributed by atoms with Crippen molar-refractivity contribution < 1.29 is 23.1 Å². The quantitative estimate of drug-likeness (QED) is 0.526. The van der Waals surface area contributed by atoms with Crippen LogP contribution in [0.4, 0.5) is 0 Å². The van der Waals surface area contributed by atoms with Crippen LogP contribution in [0.3, 0.4) is 0 Å². The minimum Gasteiger partial charge on any atom is -0.467 e. The van der Waals surface area contributed by atoms with Crippen LogP contribution < -0.4 is 0 Å². The highest BCUT2D eigenvalue weighted by atomic mass is 31.1. The number of carbonyl (C=O) groups excluding carboxylic acids is 1. The van der Waals surface area contributed by atoms with E-state index in [9.17, 15) is 9.36 Å². The molecule has 0 heterocycles. The fraction of sp³-hybridized carbons (Fsp3) is 0.875. The zero-order valence-electron chi connectivity index (χ0n) is 8.90. The SMILES string of the molecule is COC(=O)CO[P+](=O)OCC(C)(C)C. The maximum absolute atomic E-state index is 11.0. The summed E-state index contributed by atoms with van der Waals surface area (Å²) in [5.41, 5.74) is -0.0837. The van der Waals surface area contributed by atoms with Gasteiger partial charge in [-0.1, -0.05) is 20.8 Å². The van der Waals surface area contributed by atoms with E-state index in [0.717, 1.165) is 0 Å². The number of ether oxygens (including phenoxy) is 1. The normalized spacial score (nSPS) is 12.4. The topological polar surface area (TPSA) is 61.8 Å². The summed E-state index contributed by atoms with van der Waals surface area (Å²) in [4.78, 5) is 10.6. The summed E-state index contributed by atoms with van der Waals surface area (Å²) < 4.78 is 24.8. The minimum absolute atomic E-state index is 0.0837. The molecule has 6 heteroatoms. The number of hydrogen-bond acceptors (Lipinski definition) is 5. The molecule has 0 spiro atoms. The molecule has 0 rings (SSSR count). The molecule has 0 radical (unpaired) electrons.